The first kappa shape index (κ1) is 13.3. The molecule has 0 aliphatic carbocycles. The van der Waals surface area contributed by atoms with Gasteiger partial charge in [0, 0.05) is 5.75 Å². The molecule has 0 unspecified atom stereocenters. The zero-order valence-corrected chi connectivity index (χ0v) is 10.1. The number of hydrogen-bond donors (Lipinski definition) is 3. The number of nitrogens with zero attached hydrogens (tertiary/aromatic N) is 1. The van der Waals surface area contributed by atoms with Crippen molar-refractivity contribution < 1.29 is 9.13 Å². The molecule has 0 amide bonds. The lowest BCUT2D eigenvalue weighted by Gasteiger charge is -2.04. The van der Waals surface area contributed by atoms with Crippen molar-refractivity contribution >= 4 is 22.9 Å². The lowest BCUT2D eigenvalue weighted by molar-refractivity contribution is 0.386. The highest BCUT2D eigenvalue weighted by Crippen LogP contribution is 2.21. The summed E-state index contributed by atoms with van der Waals surface area (Å²) in [6, 6.07) is 4.61. The molecule has 17 heavy (non-hydrogen) atoms. The van der Waals surface area contributed by atoms with Crippen LogP contribution in [0.3, 0.4) is 0 Å². The van der Waals surface area contributed by atoms with Crippen LogP contribution in [0.15, 0.2) is 23.2 Å². The van der Waals surface area contributed by atoms with E-state index in [1.54, 1.807) is 6.07 Å². The molecule has 5 nitrogen and oxygen atoms in total. The standard InChI is InChI=1S/C10H13FN4OS/c1-16-8-3-2-6(4-7(8)11)5-17-10(14)15-9(12)13/h2-4H,5H2,1H3,(H5,12,13,14,15). The van der Waals surface area contributed by atoms with Crippen LogP contribution in [0.4, 0.5) is 4.39 Å². The number of halogens is 1. The van der Waals surface area contributed by atoms with Crippen molar-refractivity contribution in [3.05, 3.63) is 29.6 Å². The van der Waals surface area contributed by atoms with Crippen LogP contribution in [0.5, 0.6) is 5.75 Å². The number of benzene rings is 1. The van der Waals surface area contributed by atoms with E-state index in [9.17, 15) is 4.39 Å². The molecule has 0 aliphatic rings. The lowest BCUT2D eigenvalue weighted by Crippen LogP contribution is -2.23. The summed E-state index contributed by atoms with van der Waals surface area (Å²) in [5.41, 5.74) is 11.0. The highest BCUT2D eigenvalue weighted by atomic mass is 32.2. The second kappa shape index (κ2) is 6.09. The Morgan fingerprint density at radius 1 is 1.53 bits per heavy atom. The Hall–Kier alpha value is -1.76. The molecular formula is C10H13FN4OS. The second-order valence-electron chi connectivity index (χ2n) is 3.10. The summed E-state index contributed by atoms with van der Waals surface area (Å²) in [4.78, 5) is 3.55. The van der Waals surface area contributed by atoms with Gasteiger partial charge in [0.1, 0.15) is 0 Å². The van der Waals surface area contributed by atoms with E-state index in [0.29, 0.717) is 5.75 Å². The number of ether oxygens (including phenoxy) is 1. The van der Waals surface area contributed by atoms with Crippen molar-refractivity contribution in [3.63, 3.8) is 0 Å². The summed E-state index contributed by atoms with van der Waals surface area (Å²) in [7, 11) is 1.40. The zero-order valence-electron chi connectivity index (χ0n) is 9.24. The Morgan fingerprint density at radius 3 is 2.76 bits per heavy atom. The maximum absolute atomic E-state index is 13.3. The minimum Gasteiger partial charge on any atom is -0.494 e. The predicted octanol–water partition coefficient (Wildman–Crippen LogP) is 1.28. The Morgan fingerprint density at radius 2 is 2.24 bits per heavy atom. The van der Waals surface area contributed by atoms with E-state index < -0.39 is 5.82 Å². The molecule has 7 heteroatoms. The third-order valence-electron chi connectivity index (χ3n) is 1.82. The van der Waals surface area contributed by atoms with Gasteiger partial charge in [-0.25, -0.2) is 4.39 Å². The average molecular weight is 256 g/mol. The molecule has 0 aliphatic heterocycles. The van der Waals surface area contributed by atoms with Gasteiger partial charge in [0.2, 0.25) is 0 Å². The Kier molecular flexibility index (Phi) is 4.77. The largest absolute Gasteiger partial charge is 0.494 e. The van der Waals surface area contributed by atoms with Crippen molar-refractivity contribution in [1.29, 1.82) is 5.41 Å². The van der Waals surface area contributed by atoms with E-state index in [1.807, 2.05) is 0 Å². The Balaban J connectivity index is 2.61. The fourth-order valence-electron chi connectivity index (χ4n) is 1.10. The summed E-state index contributed by atoms with van der Waals surface area (Å²) >= 11 is 1.11. The highest BCUT2D eigenvalue weighted by Gasteiger charge is 2.04. The van der Waals surface area contributed by atoms with E-state index in [-0.39, 0.29) is 16.9 Å². The van der Waals surface area contributed by atoms with E-state index in [1.165, 1.54) is 19.2 Å². The summed E-state index contributed by atoms with van der Waals surface area (Å²) in [5, 5.41) is 7.38. The summed E-state index contributed by atoms with van der Waals surface area (Å²) in [6.45, 7) is 0. The van der Waals surface area contributed by atoms with Crippen LogP contribution in [0.1, 0.15) is 5.56 Å². The predicted molar refractivity (Wildman–Crippen MR) is 67.8 cm³/mol. The van der Waals surface area contributed by atoms with Crippen LogP contribution >= 0.6 is 11.8 Å². The molecule has 92 valence electrons. The molecule has 1 aromatic rings. The fraction of sp³-hybridized carbons (Fsp3) is 0.200. The van der Waals surface area contributed by atoms with Crippen molar-refractivity contribution in [3.8, 4) is 5.75 Å². The van der Waals surface area contributed by atoms with Crippen molar-refractivity contribution in [1.82, 2.24) is 0 Å². The van der Waals surface area contributed by atoms with Crippen molar-refractivity contribution in [2.75, 3.05) is 7.11 Å². The summed E-state index contributed by atoms with van der Waals surface area (Å²) in [6.07, 6.45) is 0. The number of nitrogens with two attached hydrogens (primary N) is 2. The van der Waals surface area contributed by atoms with Crippen LogP contribution in [-0.2, 0) is 5.75 Å². The van der Waals surface area contributed by atoms with Crippen molar-refractivity contribution in [2.45, 2.75) is 5.75 Å². The molecule has 1 rings (SSSR count). The number of hydrogen-bond acceptors (Lipinski definition) is 3. The molecular weight excluding hydrogens is 243 g/mol. The SMILES string of the molecule is COc1ccc(CSC(=N)N=C(N)N)cc1F. The normalized spacial score (nSPS) is 9.76. The maximum atomic E-state index is 13.3. The summed E-state index contributed by atoms with van der Waals surface area (Å²) in [5.74, 6) is 0.0108. The van der Waals surface area contributed by atoms with Crippen LogP contribution < -0.4 is 16.2 Å². The van der Waals surface area contributed by atoms with Crippen molar-refractivity contribution in [2.24, 2.45) is 16.5 Å². The molecule has 0 bridgehead atoms. The molecule has 0 heterocycles. The number of nitrogens with one attached hydrogen (secondary N) is 1. The molecule has 0 atom stereocenters. The topological polar surface area (TPSA) is 97.5 Å². The van der Waals surface area contributed by atoms with Crippen LogP contribution in [0.2, 0.25) is 0 Å². The number of guanidine groups is 1. The smallest absolute Gasteiger partial charge is 0.193 e. The minimum atomic E-state index is -0.432. The molecule has 0 saturated heterocycles. The van der Waals surface area contributed by atoms with Gasteiger partial charge in [0.25, 0.3) is 0 Å². The fourth-order valence-corrected chi connectivity index (χ4v) is 1.75. The zero-order chi connectivity index (χ0) is 12.8. The van der Waals surface area contributed by atoms with Gasteiger partial charge in [0.05, 0.1) is 7.11 Å². The number of methoxy groups -OCH3 is 1. The first-order chi connectivity index (χ1) is 8.02. The van der Waals surface area contributed by atoms with Gasteiger partial charge < -0.3 is 16.2 Å². The number of thioether (sulfide) groups is 1. The maximum Gasteiger partial charge on any atom is 0.193 e. The molecule has 1 aromatic carbocycles. The molecule has 0 spiro atoms. The Labute approximate surface area is 103 Å². The van der Waals surface area contributed by atoms with E-state index in [2.05, 4.69) is 4.99 Å². The van der Waals surface area contributed by atoms with E-state index in [0.717, 1.165) is 17.3 Å². The number of rotatable bonds is 3. The van der Waals surface area contributed by atoms with Crippen LogP contribution in [0, 0.1) is 11.2 Å². The molecule has 0 radical (unpaired) electrons. The average Bonchev–Trinajstić information content (AvgIpc) is 2.25. The van der Waals surface area contributed by atoms with Gasteiger partial charge in [-0.2, -0.15) is 4.99 Å². The van der Waals surface area contributed by atoms with Gasteiger partial charge in [-0.1, -0.05) is 17.8 Å². The lowest BCUT2D eigenvalue weighted by atomic mass is 10.2. The third kappa shape index (κ3) is 4.31. The first-order valence-corrected chi connectivity index (χ1v) is 5.65. The van der Waals surface area contributed by atoms with E-state index >= 15 is 0 Å². The van der Waals surface area contributed by atoms with Gasteiger partial charge in [0.15, 0.2) is 22.7 Å². The second-order valence-corrected chi connectivity index (χ2v) is 4.06. The molecule has 0 fully saturated rings. The van der Waals surface area contributed by atoms with Gasteiger partial charge >= 0.3 is 0 Å². The Bertz CT molecular complexity index is 446. The summed E-state index contributed by atoms with van der Waals surface area (Å²) < 4.78 is 18.1. The van der Waals surface area contributed by atoms with Gasteiger partial charge in [-0.15, -0.1) is 0 Å². The quantitative estimate of drug-likeness (QED) is 0.560. The van der Waals surface area contributed by atoms with Crippen LogP contribution in [-0.4, -0.2) is 18.2 Å². The number of aliphatic imine (C=N–C) groups is 1. The van der Waals surface area contributed by atoms with Gasteiger partial charge in [-0.05, 0) is 17.7 Å². The molecule has 0 aromatic heterocycles. The van der Waals surface area contributed by atoms with E-state index in [4.69, 9.17) is 21.6 Å². The third-order valence-corrected chi connectivity index (χ3v) is 2.66. The monoisotopic (exact) mass is 256 g/mol. The highest BCUT2D eigenvalue weighted by molar-refractivity contribution is 8.13. The van der Waals surface area contributed by atoms with Gasteiger partial charge in [-0.3, -0.25) is 5.41 Å². The first-order valence-electron chi connectivity index (χ1n) is 4.66. The molecule has 5 N–H and O–H groups in total. The molecule has 0 saturated carbocycles. The van der Waals surface area contributed by atoms with Crippen LogP contribution in [0.25, 0.3) is 0 Å². The minimum absolute atomic E-state index is 0.0128. The number of amidine groups is 1.